The first-order chi connectivity index (χ1) is 13.1. The molecule has 28 heavy (non-hydrogen) atoms. The maximum absolute atomic E-state index is 12.7. The first kappa shape index (κ1) is 20.7. The lowest BCUT2D eigenvalue weighted by atomic mass is 10.0. The summed E-state index contributed by atoms with van der Waals surface area (Å²) >= 11 is 5.97. The molecule has 8 heteroatoms. The summed E-state index contributed by atoms with van der Waals surface area (Å²) in [7, 11) is 0. The van der Waals surface area contributed by atoms with E-state index in [1.807, 2.05) is 18.2 Å². The Bertz CT molecular complexity index is 847. The molecule has 2 aromatic carbocycles. The van der Waals surface area contributed by atoms with Crippen molar-refractivity contribution in [2.75, 3.05) is 26.4 Å². The van der Waals surface area contributed by atoms with Gasteiger partial charge < -0.3 is 19.5 Å². The summed E-state index contributed by atoms with van der Waals surface area (Å²) < 4.78 is 17.1. The van der Waals surface area contributed by atoms with Gasteiger partial charge in [-0.25, -0.2) is 0 Å². The fourth-order valence-electron chi connectivity index (χ4n) is 3.45. The summed E-state index contributed by atoms with van der Waals surface area (Å²) in [5.41, 5.74) is -0.0471. The predicted molar refractivity (Wildman–Crippen MR) is 109 cm³/mol. The van der Waals surface area contributed by atoms with Crippen LogP contribution in [0.4, 0.5) is 0 Å². The van der Waals surface area contributed by atoms with Crippen LogP contribution in [0.25, 0.3) is 0 Å². The highest BCUT2D eigenvalue weighted by atomic mass is 35.5. The van der Waals surface area contributed by atoms with E-state index in [4.69, 9.17) is 25.8 Å². The van der Waals surface area contributed by atoms with Crippen LogP contribution in [0.1, 0.15) is 12.5 Å². The van der Waals surface area contributed by atoms with E-state index in [0.717, 1.165) is 23.6 Å². The summed E-state index contributed by atoms with van der Waals surface area (Å²) in [5.74, 6) is 2.03. The molecule has 2 heterocycles. The number of hydrogen-bond acceptors (Lipinski definition) is 6. The van der Waals surface area contributed by atoms with Crippen molar-refractivity contribution in [2.45, 2.75) is 19.2 Å². The molecular weight excluding hydrogens is 403 g/mol. The minimum atomic E-state index is -1.08. The monoisotopic (exact) mass is 424 g/mol. The maximum Gasteiger partial charge on any atom is 0.234 e. The van der Waals surface area contributed by atoms with Crippen LogP contribution < -0.4 is 19.5 Å². The normalized spacial score (nSPS) is 21.1. The van der Waals surface area contributed by atoms with Crippen LogP contribution in [0.3, 0.4) is 0 Å². The van der Waals surface area contributed by atoms with Crippen molar-refractivity contribution in [2.24, 2.45) is 0 Å². The average molecular weight is 425 g/mol. The molecule has 1 fully saturated rings. The first-order valence-electron chi connectivity index (χ1n) is 8.87. The number of halogens is 2. The SMILES string of the molecule is CC(=O)C1(Oc2ccc(Cl)cc2)CNCCN1Cc1ccc2c(c1)OCO2.Cl. The molecule has 4 rings (SSSR count). The topological polar surface area (TPSA) is 60.0 Å². The smallest absolute Gasteiger partial charge is 0.234 e. The van der Waals surface area contributed by atoms with Crippen LogP contribution in [-0.4, -0.2) is 42.8 Å². The fraction of sp³-hybridized carbons (Fsp3) is 0.350. The number of benzene rings is 2. The number of piperazine rings is 1. The summed E-state index contributed by atoms with van der Waals surface area (Å²) in [6.45, 7) is 4.24. The number of nitrogens with one attached hydrogen (secondary N) is 1. The third-order valence-electron chi connectivity index (χ3n) is 4.89. The van der Waals surface area contributed by atoms with Crippen molar-refractivity contribution in [3.8, 4) is 17.2 Å². The molecule has 1 unspecified atom stereocenters. The lowest BCUT2D eigenvalue weighted by Crippen LogP contribution is -2.67. The van der Waals surface area contributed by atoms with Gasteiger partial charge in [0.05, 0.1) is 6.54 Å². The summed E-state index contributed by atoms with van der Waals surface area (Å²) in [5, 5.41) is 3.91. The molecule has 2 aliphatic heterocycles. The Kier molecular flexibility index (Phi) is 6.35. The fourth-order valence-corrected chi connectivity index (χ4v) is 3.57. The minimum Gasteiger partial charge on any atom is -0.464 e. The number of nitrogens with zero attached hydrogens (tertiary/aromatic N) is 1. The van der Waals surface area contributed by atoms with Gasteiger partial charge in [-0.05, 0) is 42.0 Å². The van der Waals surface area contributed by atoms with Gasteiger partial charge >= 0.3 is 0 Å². The van der Waals surface area contributed by atoms with E-state index in [9.17, 15) is 4.79 Å². The van der Waals surface area contributed by atoms with Gasteiger partial charge in [0.2, 0.25) is 12.5 Å². The van der Waals surface area contributed by atoms with E-state index < -0.39 is 5.72 Å². The molecule has 0 aromatic heterocycles. The van der Waals surface area contributed by atoms with Gasteiger partial charge in [-0.2, -0.15) is 0 Å². The summed E-state index contributed by atoms with van der Waals surface area (Å²) in [6.07, 6.45) is 0. The Balaban J connectivity index is 0.00000225. The molecule has 2 aliphatic rings. The maximum atomic E-state index is 12.7. The molecule has 150 valence electrons. The molecular formula is C20H22Cl2N2O4. The lowest BCUT2D eigenvalue weighted by Gasteiger charge is -2.45. The molecule has 0 radical (unpaired) electrons. The highest BCUT2D eigenvalue weighted by Gasteiger charge is 2.46. The van der Waals surface area contributed by atoms with Crippen LogP contribution in [0, 0.1) is 0 Å². The Labute approximate surface area is 175 Å². The van der Waals surface area contributed by atoms with E-state index in [0.29, 0.717) is 30.4 Å². The quantitative estimate of drug-likeness (QED) is 0.794. The first-order valence-corrected chi connectivity index (χ1v) is 9.24. The molecule has 0 saturated carbocycles. The van der Waals surface area contributed by atoms with Crippen LogP contribution >= 0.6 is 24.0 Å². The molecule has 1 atom stereocenters. The van der Waals surface area contributed by atoms with Crippen LogP contribution in [-0.2, 0) is 11.3 Å². The Morgan fingerprint density at radius 1 is 1.21 bits per heavy atom. The Morgan fingerprint density at radius 3 is 2.71 bits per heavy atom. The van der Waals surface area contributed by atoms with Crippen molar-refractivity contribution in [1.82, 2.24) is 10.2 Å². The Morgan fingerprint density at radius 2 is 1.96 bits per heavy atom. The van der Waals surface area contributed by atoms with E-state index in [-0.39, 0.29) is 25.0 Å². The van der Waals surface area contributed by atoms with Gasteiger partial charge in [-0.3, -0.25) is 9.69 Å². The zero-order chi connectivity index (χ0) is 18.9. The van der Waals surface area contributed by atoms with Crippen LogP contribution in [0.2, 0.25) is 5.02 Å². The number of carbonyl (C=O) groups excluding carboxylic acids is 1. The Hall–Kier alpha value is -1.99. The highest BCUT2D eigenvalue weighted by Crippen LogP contribution is 2.34. The molecule has 1 saturated heterocycles. The second-order valence-corrected chi connectivity index (χ2v) is 7.12. The molecule has 0 amide bonds. The molecule has 2 aromatic rings. The predicted octanol–water partition coefficient (Wildman–Crippen LogP) is 3.26. The minimum absolute atomic E-state index is 0. The highest BCUT2D eigenvalue weighted by molar-refractivity contribution is 6.30. The third kappa shape index (κ3) is 4.05. The summed E-state index contributed by atoms with van der Waals surface area (Å²) in [4.78, 5) is 14.8. The van der Waals surface area contributed by atoms with E-state index in [1.165, 1.54) is 0 Å². The zero-order valence-corrected chi connectivity index (χ0v) is 17.0. The molecule has 0 spiro atoms. The third-order valence-corrected chi connectivity index (χ3v) is 5.15. The van der Waals surface area contributed by atoms with Gasteiger partial charge in [-0.1, -0.05) is 17.7 Å². The van der Waals surface area contributed by atoms with Gasteiger partial charge in [-0.15, -0.1) is 12.4 Å². The van der Waals surface area contributed by atoms with Crippen molar-refractivity contribution in [3.63, 3.8) is 0 Å². The zero-order valence-electron chi connectivity index (χ0n) is 15.4. The van der Waals surface area contributed by atoms with Crippen molar-refractivity contribution >= 4 is 29.8 Å². The van der Waals surface area contributed by atoms with Crippen LogP contribution in [0.15, 0.2) is 42.5 Å². The molecule has 0 aliphatic carbocycles. The molecule has 1 N–H and O–H groups in total. The lowest BCUT2D eigenvalue weighted by molar-refractivity contribution is -0.157. The van der Waals surface area contributed by atoms with Crippen molar-refractivity contribution < 1.29 is 19.0 Å². The van der Waals surface area contributed by atoms with Gasteiger partial charge in [0.25, 0.3) is 0 Å². The number of Topliss-reactive ketones (excluding diaryl/α,β-unsaturated/α-hetero) is 1. The second-order valence-electron chi connectivity index (χ2n) is 6.68. The average Bonchev–Trinajstić information content (AvgIpc) is 3.13. The van der Waals surface area contributed by atoms with Gasteiger partial charge in [0, 0.05) is 31.6 Å². The number of ether oxygens (including phenoxy) is 3. The van der Waals surface area contributed by atoms with E-state index in [2.05, 4.69) is 10.2 Å². The largest absolute Gasteiger partial charge is 0.464 e. The van der Waals surface area contributed by atoms with Crippen LogP contribution in [0.5, 0.6) is 17.2 Å². The number of fused-ring (bicyclic) bond motifs is 1. The summed E-state index contributed by atoms with van der Waals surface area (Å²) in [6, 6.07) is 12.9. The number of hydrogen-bond donors (Lipinski definition) is 1. The van der Waals surface area contributed by atoms with Crippen molar-refractivity contribution in [1.29, 1.82) is 0 Å². The molecule has 0 bridgehead atoms. The standard InChI is InChI=1S/C20H21ClN2O4.ClH/c1-14(24)20(27-17-5-3-16(21)4-6-17)12-22-8-9-23(20)11-15-2-7-18-19(10-15)26-13-25-18;/h2-7,10,22H,8-9,11-13H2,1H3;1H. The number of rotatable bonds is 5. The van der Waals surface area contributed by atoms with Gasteiger partial charge in [0.15, 0.2) is 17.3 Å². The second kappa shape index (κ2) is 8.57. The number of carbonyl (C=O) groups is 1. The number of ketones is 1. The van der Waals surface area contributed by atoms with E-state index >= 15 is 0 Å². The van der Waals surface area contributed by atoms with E-state index in [1.54, 1.807) is 31.2 Å². The molecule has 6 nitrogen and oxygen atoms in total. The van der Waals surface area contributed by atoms with Gasteiger partial charge in [0.1, 0.15) is 5.75 Å². The van der Waals surface area contributed by atoms with Crippen molar-refractivity contribution in [3.05, 3.63) is 53.1 Å².